The molecule has 6 heteroatoms. The molecule has 1 heterocycles. The van der Waals surface area contributed by atoms with Crippen molar-refractivity contribution in [1.82, 2.24) is 10.3 Å². The summed E-state index contributed by atoms with van der Waals surface area (Å²) >= 11 is 0. The number of hydrogen-bond acceptors (Lipinski definition) is 4. The first-order valence-corrected chi connectivity index (χ1v) is 9.33. The molecule has 0 aliphatic rings. The van der Waals surface area contributed by atoms with Gasteiger partial charge in [-0.2, -0.15) is 0 Å². The van der Waals surface area contributed by atoms with Crippen LogP contribution in [0.1, 0.15) is 43.6 Å². The van der Waals surface area contributed by atoms with E-state index in [-0.39, 0.29) is 11.8 Å². The number of anilines is 3. The zero-order valence-corrected chi connectivity index (χ0v) is 16.5. The normalized spacial score (nSPS) is 10.4. The van der Waals surface area contributed by atoms with Crippen LogP contribution in [-0.2, 0) is 16.0 Å². The summed E-state index contributed by atoms with van der Waals surface area (Å²) in [6.45, 7) is 8.11. The first-order valence-electron chi connectivity index (χ1n) is 9.33. The molecule has 144 valence electrons. The molecule has 0 fully saturated rings. The monoisotopic (exact) mass is 368 g/mol. The zero-order chi connectivity index (χ0) is 19.8. The highest BCUT2D eigenvalue weighted by molar-refractivity contribution is 5.95. The van der Waals surface area contributed by atoms with Gasteiger partial charge >= 0.3 is 0 Å². The maximum absolute atomic E-state index is 11.8. The fourth-order valence-electron chi connectivity index (χ4n) is 2.69. The molecule has 0 radical (unpaired) electrons. The Morgan fingerprint density at radius 3 is 2.30 bits per heavy atom. The molecule has 0 aliphatic carbocycles. The van der Waals surface area contributed by atoms with E-state index in [0.29, 0.717) is 25.1 Å². The maximum Gasteiger partial charge on any atom is 0.224 e. The van der Waals surface area contributed by atoms with Gasteiger partial charge in [-0.3, -0.25) is 14.6 Å². The highest BCUT2D eigenvalue weighted by atomic mass is 16.2. The van der Waals surface area contributed by atoms with Crippen LogP contribution < -0.4 is 16.0 Å². The van der Waals surface area contributed by atoms with Gasteiger partial charge in [0.1, 0.15) is 0 Å². The fraction of sp³-hybridized carbons (Fsp3) is 0.381. The van der Waals surface area contributed by atoms with Crippen molar-refractivity contribution >= 4 is 28.9 Å². The first kappa shape index (κ1) is 20.4. The average Bonchev–Trinajstić information content (AvgIpc) is 2.65. The van der Waals surface area contributed by atoms with E-state index in [1.54, 1.807) is 0 Å². The number of hydrogen-bond donors (Lipinski definition) is 3. The van der Waals surface area contributed by atoms with E-state index in [4.69, 9.17) is 0 Å². The lowest BCUT2D eigenvalue weighted by atomic mass is 10.1. The van der Waals surface area contributed by atoms with Crippen molar-refractivity contribution < 1.29 is 9.59 Å². The maximum atomic E-state index is 11.8. The number of carbonyl (C=O) groups is 2. The lowest BCUT2D eigenvalue weighted by Gasteiger charge is -2.16. The van der Waals surface area contributed by atoms with Gasteiger partial charge in [-0.15, -0.1) is 0 Å². The van der Waals surface area contributed by atoms with Gasteiger partial charge in [0.2, 0.25) is 11.8 Å². The van der Waals surface area contributed by atoms with Crippen LogP contribution in [-0.4, -0.2) is 23.3 Å². The number of nitrogens with one attached hydrogen (secondary N) is 3. The minimum atomic E-state index is -0.0451. The highest BCUT2D eigenvalue weighted by Gasteiger charge is 2.11. The Morgan fingerprint density at radius 2 is 1.67 bits per heavy atom. The van der Waals surface area contributed by atoms with E-state index in [0.717, 1.165) is 34.7 Å². The molecule has 0 aliphatic heterocycles. The number of aryl methyl sites for hydroxylation is 2. The van der Waals surface area contributed by atoms with E-state index in [1.165, 1.54) is 0 Å². The number of amides is 2. The summed E-state index contributed by atoms with van der Waals surface area (Å²) < 4.78 is 0. The standard InChI is InChI=1S/C21H28N4O2/c1-5-19(26)22-12-11-16-7-9-17(10-8-16)24-18-13-14(3)23-15(4)21(18)25-20(27)6-2/h7-10,13H,5-6,11-12H2,1-4H3,(H,22,26)(H,23,24)(H,25,27). The van der Waals surface area contributed by atoms with E-state index < -0.39 is 0 Å². The molecule has 0 saturated carbocycles. The third-order valence-electron chi connectivity index (χ3n) is 4.20. The summed E-state index contributed by atoms with van der Waals surface area (Å²) in [6, 6.07) is 9.98. The second-order valence-corrected chi connectivity index (χ2v) is 6.45. The smallest absolute Gasteiger partial charge is 0.224 e. The van der Waals surface area contributed by atoms with Crippen molar-refractivity contribution in [3.8, 4) is 0 Å². The van der Waals surface area contributed by atoms with Crippen molar-refractivity contribution in [3.63, 3.8) is 0 Å². The molecule has 6 nitrogen and oxygen atoms in total. The Hall–Kier alpha value is -2.89. The van der Waals surface area contributed by atoms with Gasteiger partial charge in [0.05, 0.1) is 17.1 Å². The average molecular weight is 368 g/mol. The first-order chi connectivity index (χ1) is 12.9. The number of rotatable bonds is 8. The molecule has 2 aromatic rings. The van der Waals surface area contributed by atoms with Crippen LogP contribution >= 0.6 is 0 Å². The summed E-state index contributed by atoms with van der Waals surface area (Å²) in [4.78, 5) is 27.6. The Morgan fingerprint density at radius 1 is 1.00 bits per heavy atom. The third kappa shape index (κ3) is 6.09. The van der Waals surface area contributed by atoms with Gasteiger partial charge in [-0.25, -0.2) is 0 Å². The summed E-state index contributed by atoms with van der Waals surface area (Å²) in [6.07, 6.45) is 1.71. The van der Waals surface area contributed by atoms with E-state index in [2.05, 4.69) is 20.9 Å². The van der Waals surface area contributed by atoms with Gasteiger partial charge in [-0.05, 0) is 44.0 Å². The number of benzene rings is 1. The van der Waals surface area contributed by atoms with Crippen LogP contribution in [0, 0.1) is 13.8 Å². The van der Waals surface area contributed by atoms with E-state index >= 15 is 0 Å². The Balaban J connectivity index is 2.10. The fourth-order valence-corrected chi connectivity index (χ4v) is 2.69. The summed E-state index contributed by atoms with van der Waals surface area (Å²) in [5, 5.41) is 9.17. The molecular weight excluding hydrogens is 340 g/mol. The highest BCUT2D eigenvalue weighted by Crippen LogP contribution is 2.29. The largest absolute Gasteiger partial charge is 0.356 e. The van der Waals surface area contributed by atoms with Crippen LogP contribution in [0.15, 0.2) is 30.3 Å². The molecule has 27 heavy (non-hydrogen) atoms. The third-order valence-corrected chi connectivity index (χ3v) is 4.20. The van der Waals surface area contributed by atoms with Gasteiger partial charge in [0.15, 0.2) is 0 Å². The summed E-state index contributed by atoms with van der Waals surface area (Å²) in [5.74, 6) is 0.0228. The van der Waals surface area contributed by atoms with Crippen LogP contribution in [0.2, 0.25) is 0 Å². The Bertz CT molecular complexity index is 801. The molecule has 2 amide bonds. The minimum Gasteiger partial charge on any atom is -0.356 e. The van der Waals surface area contributed by atoms with Gasteiger partial charge < -0.3 is 16.0 Å². The van der Waals surface area contributed by atoms with Crippen LogP contribution in [0.4, 0.5) is 17.1 Å². The number of nitrogens with zero attached hydrogens (tertiary/aromatic N) is 1. The Kier molecular flexibility index (Phi) is 7.34. The van der Waals surface area contributed by atoms with Crippen molar-refractivity contribution in [2.45, 2.75) is 47.0 Å². The topological polar surface area (TPSA) is 83.1 Å². The summed E-state index contributed by atoms with van der Waals surface area (Å²) in [5.41, 5.74) is 5.27. The molecule has 1 aromatic heterocycles. The second-order valence-electron chi connectivity index (χ2n) is 6.45. The molecule has 2 rings (SSSR count). The van der Waals surface area contributed by atoms with Crippen molar-refractivity contribution in [2.24, 2.45) is 0 Å². The predicted molar refractivity (Wildman–Crippen MR) is 109 cm³/mol. The summed E-state index contributed by atoms with van der Waals surface area (Å²) in [7, 11) is 0. The van der Waals surface area contributed by atoms with Crippen LogP contribution in [0.5, 0.6) is 0 Å². The lowest BCUT2D eigenvalue weighted by molar-refractivity contribution is -0.120. The zero-order valence-electron chi connectivity index (χ0n) is 16.5. The quantitative estimate of drug-likeness (QED) is 0.661. The van der Waals surface area contributed by atoms with Crippen molar-refractivity contribution in [1.29, 1.82) is 0 Å². The van der Waals surface area contributed by atoms with Crippen LogP contribution in [0.25, 0.3) is 0 Å². The van der Waals surface area contributed by atoms with Crippen molar-refractivity contribution in [2.75, 3.05) is 17.2 Å². The Labute approximate surface area is 160 Å². The SMILES string of the molecule is CCC(=O)NCCc1ccc(Nc2cc(C)nc(C)c2NC(=O)CC)cc1. The molecule has 0 spiro atoms. The molecule has 1 aromatic carbocycles. The number of pyridine rings is 1. The van der Waals surface area contributed by atoms with Crippen molar-refractivity contribution in [3.05, 3.63) is 47.3 Å². The van der Waals surface area contributed by atoms with Gasteiger partial charge in [-0.1, -0.05) is 26.0 Å². The minimum absolute atomic E-state index is 0.0451. The van der Waals surface area contributed by atoms with E-state index in [9.17, 15) is 9.59 Å². The lowest BCUT2D eigenvalue weighted by Crippen LogP contribution is -2.24. The second kappa shape index (κ2) is 9.71. The van der Waals surface area contributed by atoms with Gasteiger partial charge in [0.25, 0.3) is 0 Å². The molecule has 0 atom stereocenters. The molecular formula is C21H28N4O2. The number of aromatic nitrogens is 1. The molecule has 0 bridgehead atoms. The van der Waals surface area contributed by atoms with Gasteiger partial charge in [0, 0.05) is 30.8 Å². The molecule has 0 saturated heterocycles. The molecule has 3 N–H and O–H groups in total. The van der Waals surface area contributed by atoms with Crippen LogP contribution in [0.3, 0.4) is 0 Å². The number of carbonyl (C=O) groups excluding carboxylic acids is 2. The predicted octanol–water partition coefficient (Wildman–Crippen LogP) is 3.86. The molecule has 0 unspecified atom stereocenters. The van der Waals surface area contributed by atoms with E-state index in [1.807, 2.05) is 58.0 Å².